The molecule has 2 aromatic rings. The normalized spacial score (nSPS) is 15.7. The predicted molar refractivity (Wildman–Crippen MR) is 134 cm³/mol. The summed E-state index contributed by atoms with van der Waals surface area (Å²) < 4.78 is 36.3. The van der Waals surface area contributed by atoms with E-state index in [1.807, 2.05) is 0 Å². The second kappa shape index (κ2) is 13.4. The van der Waals surface area contributed by atoms with Crippen LogP contribution in [0, 0.1) is 5.92 Å². The van der Waals surface area contributed by atoms with Crippen molar-refractivity contribution in [2.45, 2.75) is 57.4 Å². The van der Waals surface area contributed by atoms with Gasteiger partial charge in [0.2, 0.25) is 23.5 Å². The zero-order valence-corrected chi connectivity index (χ0v) is 22.0. The summed E-state index contributed by atoms with van der Waals surface area (Å²) in [6.45, 7) is 2.89. The third kappa shape index (κ3) is 8.46. The number of piperidine rings is 1. The molecule has 1 aromatic heterocycles. The van der Waals surface area contributed by atoms with E-state index in [9.17, 15) is 22.8 Å². The third-order valence-electron chi connectivity index (χ3n) is 6.17. The zero-order chi connectivity index (χ0) is 26.8. The van der Waals surface area contributed by atoms with Crippen LogP contribution >= 0.6 is 0 Å². The second-order valence-electron chi connectivity index (χ2n) is 9.15. The number of nitrogens with one attached hydrogen (secondary N) is 1. The zero-order valence-electron chi connectivity index (χ0n) is 21.2. The number of hydrogen-bond acceptors (Lipinski definition) is 9. The minimum absolute atomic E-state index is 0.0311. The van der Waals surface area contributed by atoms with Gasteiger partial charge in [0.1, 0.15) is 6.61 Å². The molecule has 0 radical (unpaired) electrons. The number of ether oxygens (including phenoxy) is 1. The lowest BCUT2D eigenvalue weighted by Gasteiger charge is -2.28. The lowest BCUT2D eigenvalue weighted by molar-refractivity contribution is -0.136. The Morgan fingerprint density at radius 2 is 1.81 bits per heavy atom. The van der Waals surface area contributed by atoms with E-state index in [-0.39, 0.29) is 42.9 Å². The van der Waals surface area contributed by atoms with E-state index >= 15 is 0 Å². The molecular weight excluding hydrogens is 500 g/mol. The minimum Gasteiger partial charge on any atom is -0.416 e. The van der Waals surface area contributed by atoms with Gasteiger partial charge in [0.05, 0.1) is 23.5 Å². The number of nitrogens with zero attached hydrogens (tertiary/aromatic N) is 3. The SMILES string of the molecule is CCC(NC(=O)C(CC(=O)N1CCCCC1)CS(=O)(=O)Cc1ccccc1)C(=O)c1nnc(COC)o1. The van der Waals surface area contributed by atoms with Gasteiger partial charge in [-0.2, -0.15) is 0 Å². The number of carbonyl (C=O) groups is 3. The summed E-state index contributed by atoms with van der Waals surface area (Å²) in [7, 11) is -2.30. The molecule has 2 unspecified atom stereocenters. The van der Waals surface area contributed by atoms with E-state index in [2.05, 4.69) is 15.5 Å². The Labute approximate surface area is 216 Å². The van der Waals surface area contributed by atoms with Crippen LogP contribution in [0.1, 0.15) is 61.2 Å². The number of ketones is 1. The largest absolute Gasteiger partial charge is 0.416 e. The van der Waals surface area contributed by atoms with Crippen molar-refractivity contribution in [3.05, 3.63) is 47.7 Å². The molecule has 1 aromatic carbocycles. The molecule has 2 atom stereocenters. The van der Waals surface area contributed by atoms with E-state index in [0.29, 0.717) is 18.7 Å². The fourth-order valence-electron chi connectivity index (χ4n) is 4.23. The molecule has 1 aliphatic rings. The van der Waals surface area contributed by atoms with Gasteiger partial charge in [-0.25, -0.2) is 8.42 Å². The van der Waals surface area contributed by atoms with Crippen molar-refractivity contribution in [1.29, 1.82) is 0 Å². The van der Waals surface area contributed by atoms with E-state index in [4.69, 9.17) is 9.15 Å². The standard InChI is InChI=1S/C25H34N4O7S/c1-3-20(23(31)25-28-27-21(36-25)15-35-2)26-24(32)19(14-22(30)29-12-8-5-9-13-29)17-37(33,34)16-18-10-6-4-7-11-18/h4,6-7,10-11,19-20H,3,5,8-9,12-17H2,1-2H3,(H,26,32). The van der Waals surface area contributed by atoms with Crippen molar-refractivity contribution in [2.24, 2.45) is 5.92 Å². The average molecular weight is 535 g/mol. The molecule has 202 valence electrons. The number of likely N-dealkylation sites (tertiary alicyclic amines) is 1. The van der Waals surface area contributed by atoms with Crippen molar-refractivity contribution in [3.63, 3.8) is 0 Å². The van der Waals surface area contributed by atoms with Gasteiger partial charge in [0.15, 0.2) is 9.84 Å². The summed E-state index contributed by atoms with van der Waals surface area (Å²) in [5, 5.41) is 10.1. The summed E-state index contributed by atoms with van der Waals surface area (Å²) in [6, 6.07) is 7.63. The van der Waals surface area contributed by atoms with Gasteiger partial charge in [0.25, 0.3) is 5.89 Å². The van der Waals surface area contributed by atoms with Crippen molar-refractivity contribution in [2.75, 3.05) is 26.0 Å². The maximum absolute atomic E-state index is 13.3. The highest BCUT2D eigenvalue weighted by atomic mass is 32.2. The van der Waals surface area contributed by atoms with Crippen LogP contribution in [0.15, 0.2) is 34.7 Å². The van der Waals surface area contributed by atoms with Crippen LogP contribution in [0.25, 0.3) is 0 Å². The monoisotopic (exact) mass is 534 g/mol. The smallest absolute Gasteiger partial charge is 0.286 e. The van der Waals surface area contributed by atoms with Crippen molar-refractivity contribution < 1.29 is 32.0 Å². The summed E-state index contributed by atoms with van der Waals surface area (Å²) in [4.78, 5) is 40.9. The molecule has 1 aliphatic heterocycles. The topological polar surface area (TPSA) is 149 Å². The van der Waals surface area contributed by atoms with Gasteiger partial charge in [-0.05, 0) is 31.2 Å². The van der Waals surface area contributed by atoms with Crippen molar-refractivity contribution in [3.8, 4) is 0 Å². The number of Topliss-reactive ketones (excluding diaryl/α,β-unsaturated/α-hetero) is 1. The van der Waals surface area contributed by atoms with Crippen LogP contribution in [0.5, 0.6) is 0 Å². The fourth-order valence-corrected chi connectivity index (χ4v) is 5.93. The summed E-state index contributed by atoms with van der Waals surface area (Å²) in [5.41, 5.74) is 0.592. The molecule has 1 saturated heterocycles. The highest BCUT2D eigenvalue weighted by molar-refractivity contribution is 7.90. The molecule has 11 nitrogen and oxygen atoms in total. The van der Waals surface area contributed by atoms with Gasteiger partial charge in [-0.1, -0.05) is 37.3 Å². The van der Waals surface area contributed by atoms with Crippen LogP contribution in [0.2, 0.25) is 0 Å². The van der Waals surface area contributed by atoms with E-state index in [0.717, 1.165) is 19.3 Å². The average Bonchev–Trinajstić information content (AvgIpc) is 3.36. The first-order valence-corrected chi connectivity index (χ1v) is 14.2. The quantitative estimate of drug-likeness (QED) is 0.380. The Morgan fingerprint density at radius 1 is 1.11 bits per heavy atom. The maximum Gasteiger partial charge on any atom is 0.286 e. The number of benzene rings is 1. The highest BCUT2D eigenvalue weighted by Gasteiger charge is 2.33. The number of methoxy groups -OCH3 is 1. The fraction of sp³-hybridized carbons (Fsp3) is 0.560. The lowest BCUT2D eigenvalue weighted by atomic mass is 10.0. The molecule has 2 heterocycles. The molecule has 1 fully saturated rings. The highest BCUT2D eigenvalue weighted by Crippen LogP contribution is 2.18. The van der Waals surface area contributed by atoms with Gasteiger partial charge in [0, 0.05) is 26.6 Å². The third-order valence-corrected chi connectivity index (χ3v) is 7.86. The summed E-state index contributed by atoms with van der Waals surface area (Å²) >= 11 is 0. The number of hydrogen-bond donors (Lipinski definition) is 1. The maximum atomic E-state index is 13.3. The molecule has 0 spiro atoms. The van der Waals surface area contributed by atoms with Crippen LogP contribution in [0.4, 0.5) is 0 Å². The van der Waals surface area contributed by atoms with E-state index in [1.54, 1.807) is 42.2 Å². The van der Waals surface area contributed by atoms with Gasteiger partial charge >= 0.3 is 0 Å². The van der Waals surface area contributed by atoms with E-state index in [1.165, 1.54) is 7.11 Å². The first kappa shape index (κ1) is 28.5. The van der Waals surface area contributed by atoms with Gasteiger partial charge < -0.3 is 19.4 Å². The Hall–Kier alpha value is -3.12. The number of carbonyl (C=O) groups excluding carboxylic acids is 3. The number of sulfone groups is 1. The molecule has 3 rings (SSSR count). The molecule has 0 bridgehead atoms. The predicted octanol–water partition coefficient (Wildman–Crippen LogP) is 1.93. The van der Waals surface area contributed by atoms with Crippen LogP contribution in [0.3, 0.4) is 0 Å². The number of rotatable bonds is 13. The molecule has 0 saturated carbocycles. The van der Waals surface area contributed by atoms with Crippen LogP contribution in [-0.2, 0) is 36.5 Å². The first-order chi connectivity index (χ1) is 17.7. The van der Waals surface area contributed by atoms with Gasteiger partial charge in [-0.15, -0.1) is 10.2 Å². The number of aromatic nitrogens is 2. The molecular formula is C25H34N4O7S. The van der Waals surface area contributed by atoms with E-state index < -0.39 is 39.2 Å². The Balaban J connectivity index is 1.75. The van der Waals surface area contributed by atoms with Crippen molar-refractivity contribution >= 4 is 27.4 Å². The minimum atomic E-state index is -3.74. The molecule has 2 amide bonds. The first-order valence-electron chi connectivity index (χ1n) is 12.4. The Kier molecular flexibility index (Phi) is 10.3. The van der Waals surface area contributed by atoms with Crippen LogP contribution < -0.4 is 5.32 Å². The summed E-state index contributed by atoms with van der Waals surface area (Å²) in [6.07, 6.45) is 2.72. The number of amides is 2. The Morgan fingerprint density at radius 3 is 2.46 bits per heavy atom. The van der Waals surface area contributed by atoms with Crippen molar-refractivity contribution in [1.82, 2.24) is 20.4 Å². The Bertz CT molecular complexity index is 1160. The van der Waals surface area contributed by atoms with Gasteiger partial charge in [-0.3, -0.25) is 14.4 Å². The molecule has 12 heteroatoms. The second-order valence-corrected chi connectivity index (χ2v) is 11.3. The molecule has 37 heavy (non-hydrogen) atoms. The lowest BCUT2D eigenvalue weighted by Crippen LogP contribution is -2.47. The molecule has 0 aliphatic carbocycles. The molecule has 1 N–H and O–H groups in total. The van der Waals surface area contributed by atoms with Crippen LogP contribution in [-0.4, -0.2) is 73.1 Å². The summed E-state index contributed by atoms with van der Waals surface area (Å²) in [5.74, 6) is -3.64.